The number of carbonyl (C=O) groups excluding carboxylic acids is 1. The number of benzene rings is 1. The Morgan fingerprint density at radius 1 is 1.23 bits per heavy atom. The molecule has 2 aromatic rings. The molecule has 0 bridgehead atoms. The molecular weight excluding hydrogens is 310 g/mol. The van der Waals surface area contributed by atoms with E-state index in [0.717, 1.165) is 31.4 Å². The van der Waals surface area contributed by atoms with Crippen LogP contribution in [0.25, 0.3) is 0 Å². The number of thiazole rings is 1. The SMILES string of the molecule is O=C(Nc1nc2c(s1)CCCC2)c1ccc(OC(F)F)cc1. The second-order valence-corrected chi connectivity index (χ2v) is 6.04. The van der Waals surface area contributed by atoms with E-state index in [0.29, 0.717) is 10.7 Å². The Labute approximate surface area is 130 Å². The zero-order valence-electron chi connectivity index (χ0n) is 11.6. The first kappa shape index (κ1) is 14.9. The Hall–Kier alpha value is -2.02. The van der Waals surface area contributed by atoms with E-state index in [2.05, 4.69) is 15.0 Å². The third kappa shape index (κ3) is 3.41. The zero-order valence-corrected chi connectivity index (χ0v) is 12.5. The summed E-state index contributed by atoms with van der Waals surface area (Å²) in [7, 11) is 0. The molecular formula is C15H14F2N2O2S. The number of rotatable bonds is 4. The van der Waals surface area contributed by atoms with Crippen LogP contribution >= 0.6 is 11.3 Å². The highest BCUT2D eigenvalue weighted by Gasteiger charge is 2.17. The summed E-state index contributed by atoms with van der Waals surface area (Å²) in [6, 6.07) is 5.57. The topological polar surface area (TPSA) is 51.2 Å². The first-order valence-corrected chi connectivity index (χ1v) is 7.78. The van der Waals surface area contributed by atoms with Crippen LogP contribution in [0, 0.1) is 0 Å². The maximum Gasteiger partial charge on any atom is 0.387 e. The van der Waals surface area contributed by atoms with Gasteiger partial charge in [-0.15, -0.1) is 11.3 Å². The number of amides is 1. The van der Waals surface area contributed by atoms with Gasteiger partial charge in [0.1, 0.15) is 5.75 Å². The summed E-state index contributed by atoms with van der Waals surface area (Å²) in [5.74, 6) is -0.286. The molecule has 0 saturated carbocycles. The van der Waals surface area contributed by atoms with Gasteiger partial charge in [0.15, 0.2) is 5.13 Å². The summed E-state index contributed by atoms with van der Waals surface area (Å²) >= 11 is 1.50. The molecule has 22 heavy (non-hydrogen) atoms. The van der Waals surface area contributed by atoms with Gasteiger partial charge >= 0.3 is 6.61 Å². The first-order valence-electron chi connectivity index (χ1n) is 6.96. The lowest BCUT2D eigenvalue weighted by molar-refractivity contribution is -0.0498. The molecule has 4 nitrogen and oxygen atoms in total. The molecule has 1 N–H and O–H groups in total. The summed E-state index contributed by atoms with van der Waals surface area (Å²) in [4.78, 5) is 17.8. The molecule has 3 rings (SSSR count). The van der Waals surface area contributed by atoms with Crippen molar-refractivity contribution in [1.29, 1.82) is 0 Å². The van der Waals surface area contributed by atoms with Crippen LogP contribution in [0.5, 0.6) is 5.75 Å². The van der Waals surface area contributed by atoms with Gasteiger partial charge in [0.25, 0.3) is 5.91 Å². The van der Waals surface area contributed by atoms with E-state index in [1.807, 2.05) is 0 Å². The van der Waals surface area contributed by atoms with E-state index in [1.165, 1.54) is 40.5 Å². The predicted molar refractivity (Wildman–Crippen MR) is 79.8 cm³/mol. The van der Waals surface area contributed by atoms with Crippen molar-refractivity contribution in [3.8, 4) is 5.75 Å². The number of aromatic nitrogens is 1. The van der Waals surface area contributed by atoms with E-state index in [1.54, 1.807) is 0 Å². The van der Waals surface area contributed by atoms with Crippen molar-refractivity contribution in [1.82, 2.24) is 4.98 Å². The lowest BCUT2D eigenvalue weighted by atomic mass is 10.0. The van der Waals surface area contributed by atoms with Crippen LogP contribution in [0.2, 0.25) is 0 Å². The number of ether oxygens (including phenoxy) is 1. The molecule has 1 aromatic heterocycles. The van der Waals surface area contributed by atoms with Crippen molar-refractivity contribution >= 4 is 22.4 Å². The van der Waals surface area contributed by atoms with Crippen molar-refractivity contribution in [2.24, 2.45) is 0 Å². The van der Waals surface area contributed by atoms with Crippen LogP contribution in [0.15, 0.2) is 24.3 Å². The lowest BCUT2D eigenvalue weighted by Gasteiger charge is -2.06. The second kappa shape index (κ2) is 6.39. The van der Waals surface area contributed by atoms with Crippen molar-refractivity contribution in [2.45, 2.75) is 32.3 Å². The largest absolute Gasteiger partial charge is 0.435 e. The quantitative estimate of drug-likeness (QED) is 0.928. The normalized spacial score (nSPS) is 13.8. The molecule has 0 radical (unpaired) electrons. The summed E-state index contributed by atoms with van der Waals surface area (Å²) in [5, 5.41) is 3.34. The minimum absolute atomic E-state index is 0.0243. The molecule has 0 atom stereocenters. The Morgan fingerprint density at radius 2 is 1.95 bits per heavy atom. The van der Waals surface area contributed by atoms with Gasteiger partial charge in [-0.05, 0) is 49.9 Å². The Kier molecular flexibility index (Phi) is 4.33. The van der Waals surface area contributed by atoms with Gasteiger partial charge in [-0.3, -0.25) is 10.1 Å². The van der Waals surface area contributed by atoms with E-state index < -0.39 is 6.61 Å². The van der Waals surface area contributed by atoms with Gasteiger partial charge < -0.3 is 4.74 Å². The zero-order chi connectivity index (χ0) is 15.5. The second-order valence-electron chi connectivity index (χ2n) is 4.95. The number of alkyl halides is 2. The van der Waals surface area contributed by atoms with E-state index >= 15 is 0 Å². The highest BCUT2D eigenvalue weighted by Crippen LogP contribution is 2.29. The van der Waals surface area contributed by atoms with Gasteiger partial charge in [0, 0.05) is 10.4 Å². The molecule has 1 aliphatic carbocycles. The van der Waals surface area contributed by atoms with Crippen molar-refractivity contribution < 1.29 is 18.3 Å². The Bertz CT molecular complexity index is 647. The third-order valence-electron chi connectivity index (χ3n) is 3.41. The monoisotopic (exact) mass is 324 g/mol. The fourth-order valence-electron chi connectivity index (χ4n) is 2.36. The minimum atomic E-state index is -2.87. The summed E-state index contributed by atoms with van der Waals surface area (Å²) in [6.07, 6.45) is 4.27. The van der Waals surface area contributed by atoms with Crippen LogP contribution in [-0.2, 0) is 12.8 Å². The fraction of sp³-hybridized carbons (Fsp3) is 0.333. The van der Waals surface area contributed by atoms with E-state index in [-0.39, 0.29) is 11.7 Å². The molecule has 116 valence electrons. The first-order chi connectivity index (χ1) is 10.6. The highest BCUT2D eigenvalue weighted by atomic mass is 32.1. The van der Waals surface area contributed by atoms with Gasteiger partial charge in [0.2, 0.25) is 0 Å². The van der Waals surface area contributed by atoms with Crippen molar-refractivity contribution in [3.63, 3.8) is 0 Å². The number of fused-ring (bicyclic) bond motifs is 1. The van der Waals surface area contributed by atoms with Crippen molar-refractivity contribution in [2.75, 3.05) is 5.32 Å². The molecule has 1 heterocycles. The number of hydrogen-bond donors (Lipinski definition) is 1. The minimum Gasteiger partial charge on any atom is -0.435 e. The number of halogens is 2. The highest BCUT2D eigenvalue weighted by molar-refractivity contribution is 7.15. The summed E-state index contributed by atoms with van der Waals surface area (Å²) < 4.78 is 28.4. The number of carbonyl (C=O) groups is 1. The van der Waals surface area contributed by atoms with Gasteiger partial charge in [-0.25, -0.2) is 4.98 Å². The molecule has 0 saturated heterocycles. The van der Waals surface area contributed by atoms with Crippen molar-refractivity contribution in [3.05, 3.63) is 40.4 Å². The average molecular weight is 324 g/mol. The maximum absolute atomic E-state index is 12.1. The molecule has 0 spiro atoms. The molecule has 1 aromatic carbocycles. The number of hydrogen-bond acceptors (Lipinski definition) is 4. The smallest absolute Gasteiger partial charge is 0.387 e. The third-order valence-corrected chi connectivity index (χ3v) is 4.48. The molecule has 0 fully saturated rings. The van der Waals surface area contributed by atoms with Crippen LogP contribution < -0.4 is 10.1 Å². The fourth-order valence-corrected chi connectivity index (χ4v) is 3.41. The molecule has 0 unspecified atom stereocenters. The standard InChI is InChI=1S/C15H14F2N2O2S/c16-14(17)21-10-7-5-9(6-8-10)13(20)19-15-18-11-3-1-2-4-12(11)22-15/h5-8,14H,1-4H2,(H,18,19,20). The van der Waals surface area contributed by atoms with Crippen LogP contribution in [-0.4, -0.2) is 17.5 Å². The van der Waals surface area contributed by atoms with Crippen LogP contribution in [0.1, 0.15) is 33.8 Å². The summed E-state index contributed by atoms with van der Waals surface area (Å²) in [6.45, 7) is -2.87. The van der Waals surface area contributed by atoms with Crippen LogP contribution in [0.3, 0.4) is 0 Å². The Morgan fingerprint density at radius 3 is 2.64 bits per heavy atom. The summed E-state index contributed by atoms with van der Waals surface area (Å²) in [5.41, 5.74) is 1.45. The van der Waals surface area contributed by atoms with E-state index in [4.69, 9.17) is 0 Å². The Balaban J connectivity index is 1.67. The van der Waals surface area contributed by atoms with E-state index in [9.17, 15) is 13.6 Å². The lowest BCUT2D eigenvalue weighted by Crippen LogP contribution is -2.12. The van der Waals surface area contributed by atoms with Crippen LogP contribution in [0.4, 0.5) is 13.9 Å². The van der Waals surface area contributed by atoms with Gasteiger partial charge in [-0.2, -0.15) is 8.78 Å². The molecule has 1 amide bonds. The predicted octanol–water partition coefficient (Wildman–Crippen LogP) is 3.88. The van der Waals surface area contributed by atoms with Gasteiger partial charge in [-0.1, -0.05) is 0 Å². The number of aryl methyl sites for hydroxylation is 2. The van der Waals surface area contributed by atoms with Gasteiger partial charge in [0.05, 0.1) is 5.69 Å². The number of nitrogens with one attached hydrogen (secondary N) is 1. The average Bonchev–Trinajstić information content (AvgIpc) is 2.89. The number of nitrogens with zero attached hydrogens (tertiary/aromatic N) is 1. The maximum atomic E-state index is 12.1. The molecule has 0 aliphatic heterocycles. The molecule has 7 heteroatoms. The number of anilines is 1. The molecule has 1 aliphatic rings.